The van der Waals surface area contributed by atoms with Gasteiger partial charge in [0.2, 0.25) is 5.91 Å². The van der Waals surface area contributed by atoms with Crippen LogP contribution in [-0.4, -0.2) is 5.91 Å². The van der Waals surface area contributed by atoms with Crippen molar-refractivity contribution in [3.05, 3.63) is 44.8 Å². The van der Waals surface area contributed by atoms with Crippen LogP contribution in [0.2, 0.25) is 0 Å². The van der Waals surface area contributed by atoms with Gasteiger partial charge in [-0.3, -0.25) is 4.79 Å². The van der Waals surface area contributed by atoms with E-state index >= 15 is 0 Å². The van der Waals surface area contributed by atoms with E-state index in [1.54, 1.807) is 11.3 Å². The normalized spacial score (nSPS) is 14.2. The third-order valence-electron chi connectivity index (χ3n) is 2.46. The molecule has 5 heteroatoms. The number of thiophene rings is 2. The molecule has 0 aliphatic carbocycles. The molecule has 2 aromatic heterocycles. The van der Waals surface area contributed by atoms with Crippen LogP contribution in [0.1, 0.15) is 28.8 Å². The summed E-state index contributed by atoms with van der Waals surface area (Å²) in [6, 6.07) is 7.19. The fraction of sp³-hybridized carbons (Fsp3) is 0.250. The number of nitrogens with two attached hydrogens (primary N) is 1. The molecule has 0 aliphatic rings. The Morgan fingerprint density at radius 1 is 1.24 bits per heavy atom. The van der Waals surface area contributed by atoms with Crippen LogP contribution in [0.25, 0.3) is 0 Å². The largest absolute Gasteiger partial charge is 0.347 e. The molecule has 2 heterocycles. The Morgan fingerprint density at radius 3 is 2.35 bits per heavy atom. The summed E-state index contributed by atoms with van der Waals surface area (Å²) in [7, 11) is 0. The minimum atomic E-state index is -0.572. The first-order valence-corrected chi connectivity index (χ1v) is 7.07. The Balaban J connectivity index is 1.98. The second-order valence-electron chi connectivity index (χ2n) is 3.74. The molecule has 17 heavy (non-hydrogen) atoms. The van der Waals surface area contributed by atoms with Gasteiger partial charge < -0.3 is 11.1 Å². The lowest BCUT2D eigenvalue weighted by atomic mass is 10.2. The molecule has 0 saturated heterocycles. The van der Waals surface area contributed by atoms with E-state index in [9.17, 15) is 4.79 Å². The highest BCUT2D eigenvalue weighted by Crippen LogP contribution is 2.21. The van der Waals surface area contributed by atoms with E-state index in [1.807, 2.05) is 41.9 Å². The van der Waals surface area contributed by atoms with Gasteiger partial charge in [-0.25, -0.2) is 0 Å². The maximum absolute atomic E-state index is 11.9. The number of hydrogen-bond donors (Lipinski definition) is 2. The van der Waals surface area contributed by atoms with Gasteiger partial charge in [0.05, 0.1) is 6.04 Å². The van der Waals surface area contributed by atoms with Crippen molar-refractivity contribution in [1.29, 1.82) is 0 Å². The summed E-state index contributed by atoms with van der Waals surface area (Å²) >= 11 is 3.13. The van der Waals surface area contributed by atoms with Crippen molar-refractivity contribution in [2.24, 2.45) is 5.73 Å². The Bertz CT molecular complexity index is 465. The van der Waals surface area contributed by atoms with Crippen molar-refractivity contribution < 1.29 is 4.79 Å². The molecule has 2 rings (SSSR count). The van der Waals surface area contributed by atoms with Crippen molar-refractivity contribution in [3.63, 3.8) is 0 Å². The van der Waals surface area contributed by atoms with Crippen molar-refractivity contribution in [3.8, 4) is 0 Å². The molecule has 0 saturated carbocycles. The molecule has 90 valence electrons. The molecule has 2 atom stereocenters. The van der Waals surface area contributed by atoms with Crippen molar-refractivity contribution >= 4 is 28.6 Å². The molecule has 0 spiro atoms. The maximum Gasteiger partial charge on any atom is 0.242 e. The zero-order valence-corrected chi connectivity index (χ0v) is 11.1. The molecule has 0 aromatic carbocycles. The molecular weight excluding hydrogens is 252 g/mol. The van der Waals surface area contributed by atoms with E-state index in [0.717, 1.165) is 9.75 Å². The highest BCUT2D eigenvalue weighted by atomic mass is 32.1. The first-order valence-electron chi connectivity index (χ1n) is 5.31. The van der Waals surface area contributed by atoms with Gasteiger partial charge in [0.15, 0.2) is 0 Å². The molecule has 1 amide bonds. The average molecular weight is 266 g/mol. The number of carbonyl (C=O) groups is 1. The number of hydrogen-bond acceptors (Lipinski definition) is 4. The smallest absolute Gasteiger partial charge is 0.242 e. The van der Waals surface area contributed by atoms with Crippen LogP contribution in [0.3, 0.4) is 0 Å². The van der Waals surface area contributed by atoms with Gasteiger partial charge in [0.1, 0.15) is 6.04 Å². The SMILES string of the molecule is CC(NC(=O)C(N)c1cccs1)c1cccs1. The molecule has 0 bridgehead atoms. The van der Waals surface area contributed by atoms with Crippen molar-refractivity contribution in [2.75, 3.05) is 0 Å². The van der Waals surface area contributed by atoms with Crippen LogP contribution in [-0.2, 0) is 4.79 Å². The second-order valence-corrected chi connectivity index (χ2v) is 5.70. The molecule has 3 N–H and O–H groups in total. The van der Waals surface area contributed by atoms with Crippen LogP contribution in [0.15, 0.2) is 35.0 Å². The molecular formula is C12H14N2OS2. The average Bonchev–Trinajstić information content (AvgIpc) is 3.00. The van der Waals surface area contributed by atoms with Gasteiger partial charge in [0, 0.05) is 9.75 Å². The Labute approximate surface area is 108 Å². The molecule has 2 aromatic rings. The monoisotopic (exact) mass is 266 g/mol. The van der Waals surface area contributed by atoms with E-state index in [0.29, 0.717) is 0 Å². The summed E-state index contributed by atoms with van der Waals surface area (Å²) in [4.78, 5) is 13.9. The van der Waals surface area contributed by atoms with E-state index in [-0.39, 0.29) is 11.9 Å². The number of amides is 1. The van der Waals surface area contributed by atoms with E-state index < -0.39 is 6.04 Å². The summed E-state index contributed by atoms with van der Waals surface area (Å²) in [6.07, 6.45) is 0. The third kappa shape index (κ3) is 2.94. The summed E-state index contributed by atoms with van der Waals surface area (Å²) in [5.74, 6) is -0.131. The predicted molar refractivity (Wildman–Crippen MR) is 72.1 cm³/mol. The molecule has 3 nitrogen and oxygen atoms in total. The first kappa shape index (κ1) is 12.3. The number of rotatable bonds is 4. The van der Waals surface area contributed by atoms with Gasteiger partial charge >= 0.3 is 0 Å². The lowest BCUT2D eigenvalue weighted by Gasteiger charge is -2.15. The fourth-order valence-corrected chi connectivity index (χ4v) is 2.97. The fourth-order valence-electron chi connectivity index (χ4n) is 1.51. The minimum Gasteiger partial charge on any atom is -0.347 e. The van der Waals surface area contributed by atoms with Crippen molar-refractivity contribution in [2.45, 2.75) is 19.0 Å². The Kier molecular flexibility index (Phi) is 3.93. The van der Waals surface area contributed by atoms with Gasteiger partial charge in [-0.05, 0) is 29.8 Å². The van der Waals surface area contributed by atoms with Crippen LogP contribution in [0.4, 0.5) is 0 Å². The van der Waals surface area contributed by atoms with E-state index in [1.165, 1.54) is 11.3 Å². The summed E-state index contributed by atoms with van der Waals surface area (Å²) in [5.41, 5.74) is 5.89. The first-order chi connectivity index (χ1) is 8.18. The molecule has 0 radical (unpaired) electrons. The van der Waals surface area contributed by atoms with Crippen LogP contribution in [0.5, 0.6) is 0 Å². The second kappa shape index (κ2) is 5.44. The zero-order chi connectivity index (χ0) is 12.3. The molecule has 0 aliphatic heterocycles. The quantitative estimate of drug-likeness (QED) is 0.894. The Hall–Kier alpha value is -1.17. The van der Waals surface area contributed by atoms with Crippen LogP contribution < -0.4 is 11.1 Å². The highest BCUT2D eigenvalue weighted by molar-refractivity contribution is 7.10. The number of nitrogens with one attached hydrogen (secondary N) is 1. The number of carbonyl (C=O) groups excluding carboxylic acids is 1. The summed E-state index contributed by atoms with van der Waals surface area (Å²) in [5, 5.41) is 6.84. The lowest BCUT2D eigenvalue weighted by Crippen LogP contribution is -2.35. The van der Waals surface area contributed by atoms with Gasteiger partial charge in [-0.2, -0.15) is 0 Å². The molecule has 2 unspecified atom stereocenters. The Morgan fingerprint density at radius 2 is 1.82 bits per heavy atom. The highest BCUT2D eigenvalue weighted by Gasteiger charge is 2.19. The maximum atomic E-state index is 11.9. The van der Waals surface area contributed by atoms with Gasteiger partial charge in [-0.15, -0.1) is 22.7 Å². The lowest BCUT2D eigenvalue weighted by molar-refractivity contribution is -0.123. The zero-order valence-electron chi connectivity index (χ0n) is 9.42. The predicted octanol–water partition coefficient (Wildman–Crippen LogP) is 2.69. The summed E-state index contributed by atoms with van der Waals surface area (Å²) in [6.45, 7) is 1.96. The van der Waals surface area contributed by atoms with Crippen LogP contribution >= 0.6 is 22.7 Å². The minimum absolute atomic E-state index is 0.00788. The van der Waals surface area contributed by atoms with Crippen molar-refractivity contribution in [1.82, 2.24) is 5.32 Å². The summed E-state index contributed by atoms with van der Waals surface area (Å²) < 4.78 is 0. The van der Waals surface area contributed by atoms with Gasteiger partial charge in [-0.1, -0.05) is 12.1 Å². The third-order valence-corrected chi connectivity index (χ3v) is 4.47. The van der Waals surface area contributed by atoms with E-state index in [2.05, 4.69) is 5.32 Å². The molecule has 0 fully saturated rings. The van der Waals surface area contributed by atoms with E-state index in [4.69, 9.17) is 5.73 Å². The van der Waals surface area contributed by atoms with Gasteiger partial charge in [0.25, 0.3) is 0 Å². The topological polar surface area (TPSA) is 55.1 Å². The standard InChI is InChI=1S/C12H14N2OS2/c1-8(9-4-2-6-16-9)14-12(15)11(13)10-5-3-7-17-10/h2-8,11H,13H2,1H3,(H,14,15). The van der Waals surface area contributed by atoms with Crippen LogP contribution in [0, 0.1) is 0 Å².